The number of carbonyl (C=O) groups is 1. The minimum Gasteiger partial charge on any atom is -0.328 e. The number of nitrogens with zero attached hydrogens (tertiary/aromatic N) is 2. The molecule has 146 valence electrons. The number of hydrogen-bond donors (Lipinski definition) is 1. The normalized spacial score (nSPS) is 19.0. The van der Waals surface area contributed by atoms with Gasteiger partial charge in [0, 0.05) is 32.7 Å². The summed E-state index contributed by atoms with van der Waals surface area (Å²) < 4.78 is 13.2. The smallest absolute Gasteiger partial charge is 0.318 e. The van der Waals surface area contributed by atoms with Crippen LogP contribution in [0.2, 0.25) is 0 Å². The van der Waals surface area contributed by atoms with E-state index in [1.807, 2.05) is 23.1 Å². The molecule has 28 heavy (non-hydrogen) atoms. The monoisotopic (exact) mass is 379 g/mol. The van der Waals surface area contributed by atoms with Crippen molar-refractivity contribution >= 4 is 12.1 Å². The highest BCUT2D eigenvalue weighted by Gasteiger charge is 2.46. The van der Waals surface area contributed by atoms with Gasteiger partial charge in [-0.3, -0.25) is 4.90 Å². The minimum absolute atomic E-state index is 0.0127. The fraction of sp³-hybridized carbons (Fsp3) is 0.348. The van der Waals surface area contributed by atoms with E-state index < -0.39 is 0 Å². The molecule has 0 spiro atoms. The maximum absolute atomic E-state index is 13.2. The third kappa shape index (κ3) is 4.42. The zero-order chi connectivity index (χ0) is 19.4. The molecule has 5 heteroatoms. The van der Waals surface area contributed by atoms with Crippen molar-refractivity contribution in [1.29, 1.82) is 0 Å². The van der Waals surface area contributed by atoms with Crippen molar-refractivity contribution in [1.82, 2.24) is 15.1 Å². The number of urea groups is 1. The van der Waals surface area contributed by atoms with Gasteiger partial charge < -0.3 is 10.2 Å². The lowest BCUT2D eigenvalue weighted by Crippen LogP contribution is -2.53. The third-order valence-corrected chi connectivity index (χ3v) is 5.63. The zero-order valence-electron chi connectivity index (χ0n) is 16.0. The van der Waals surface area contributed by atoms with Gasteiger partial charge in [0.25, 0.3) is 0 Å². The minimum atomic E-state index is -0.305. The van der Waals surface area contributed by atoms with Crippen LogP contribution in [0.1, 0.15) is 24.0 Å². The number of nitrogens with one attached hydrogen (secondary N) is 1. The highest BCUT2D eigenvalue weighted by Crippen LogP contribution is 2.45. The molecule has 1 saturated carbocycles. The van der Waals surface area contributed by atoms with E-state index >= 15 is 0 Å². The molecule has 1 heterocycles. The Hall–Kier alpha value is -2.66. The van der Waals surface area contributed by atoms with Crippen molar-refractivity contribution in [2.75, 3.05) is 32.7 Å². The van der Waals surface area contributed by atoms with Crippen LogP contribution in [0.3, 0.4) is 0 Å². The second kappa shape index (κ2) is 8.15. The van der Waals surface area contributed by atoms with Crippen LogP contribution < -0.4 is 5.32 Å². The molecule has 2 aromatic carbocycles. The summed E-state index contributed by atoms with van der Waals surface area (Å²) in [7, 11) is 0. The number of carbonyl (C=O) groups excluding carboxylic acids is 1. The molecule has 2 amide bonds. The molecule has 1 saturated heterocycles. The van der Waals surface area contributed by atoms with E-state index in [1.54, 1.807) is 12.1 Å². The molecule has 0 atom stereocenters. The molecule has 2 fully saturated rings. The van der Waals surface area contributed by atoms with Gasteiger partial charge in [-0.1, -0.05) is 54.6 Å². The van der Waals surface area contributed by atoms with Crippen LogP contribution in [0.15, 0.2) is 60.7 Å². The lowest BCUT2D eigenvalue weighted by atomic mass is 10.1. The van der Waals surface area contributed by atoms with Gasteiger partial charge in [-0.15, -0.1) is 0 Å². The van der Waals surface area contributed by atoms with Gasteiger partial charge in [-0.25, -0.2) is 9.18 Å². The third-order valence-electron chi connectivity index (χ3n) is 5.63. The van der Waals surface area contributed by atoms with Gasteiger partial charge in [0.15, 0.2) is 0 Å². The molecule has 0 unspecified atom stereocenters. The Bertz CT molecular complexity index is 823. The number of piperazine rings is 1. The predicted octanol–water partition coefficient (Wildman–Crippen LogP) is 3.86. The number of amides is 2. The highest BCUT2D eigenvalue weighted by atomic mass is 19.1. The second-order valence-electron chi connectivity index (χ2n) is 7.62. The van der Waals surface area contributed by atoms with Gasteiger partial charge in [-0.2, -0.15) is 0 Å². The summed E-state index contributed by atoms with van der Waals surface area (Å²) in [4.78, 5) is 17.0. The van der Waals surface area contributed by atoms with Gasteiger partial charge in [0.1, 0.15) is 5.82 Å². The fourth-order valence-electron chi connectivity index (χ4n) is 3.70. The van der Waals surface area contributed by atoms with E-state index in [9.17, 15) is 9.18 Å². The molecule has 4 nitrogen and oxygen atoms in total. The summed E-state index contributed by atoms with van der Waals surface area (Å²) >= 11 is 0. The Balaban J connectivity index is 1.25. The van der Waals surface area contributed by atoms with E-state index in [1.165, 1.54) is 17.7 Å². The van der Waals surface area contributed by atoms with E-state index in [0.717, 1.165) is 51.1 Å². The number of rotatable bonds is 5. The van der Waals surface area contributed by atoms with Crippen LogP contribution >= 0.6 is 0 Å². The molecule has 1 aliphatic carbocycles. The standard InChI is InChI=1S/C23H26FN3O/c24-21-10-8-20(9-11-21)23(12-13-23)25-22(28)27-17-15-26(16-18-27)14-4-7-19-5-2-1-3-6-19/h1-11H,12-18H2,(H,25,28)/b7-4+. The Morgan fingerprint density at radius 2 is 1.68 bits per heavy atom. The predicted molar refractivity (Wildman–Crippen MR) is 109 cm³/mol. The first-order valence-electron chi connectivity index (χ1n) is 9.92. The van der Waals surface area contributed by atoms with Crippen molar-refractivity contribution in [3.63, 3.8) is 0 Å². The zero-order valence-corrected chi connectivity index (χ0v) is 16.0. The van der Waals surface area contributed by atoms with Crippen molar-refractivity contribution in [2.45, 2.75) is 18.4 Å². The van der Waals surface area contributed by atoms with Crippen molar-refractivity contribution in [3.05, 3.63) is 77.6 Å². The Morgan fingerprint density at radius 1 is 1.00 bits per heavy atom. The maximum Gasteiger partial charge on any atom is 0.318 e. The molecule has 2 aliphatic rings. The van der Waals surface area contributed by atoms with Gasteiger partial charge >= 0.3 is 6.03 Å². The average molecular weight is 379 g/mol. The Morgan fingerprint density at radius 3 is 2.32 bits per heavy atom. The summed E-state index contributed by atoms with van der Waals surface area (Å²) in [5.74, 6) is -0.247. The molecular weight excluding hydrogens is 353 g/mol. The first-order chi connectivity index (χ1) is 13.6. The molecular formula is C23H26FN3O. The van der Waals surface area contributed by atoms with Crippen LogP contribution in [-0.2, 0) is 5.54 Å². The fourth-order valence-corrected chi connectivity index (χ4v) is 3.70. The summed E-state index contributed by atoms with van der Waals surface area (Å²) in [5.41, 5.74) is 1.89. The molecule has 4 rings (SSSR count). The molecule has 1 N–H and O–H groups in total. The summed E-state index contributed by atoms with van der Waals surface area (Å²) in [6.45, 7) is 4.09. The van der Waals surface area contributed by atoms with Gasteiger partial charge in [0.05, 0.1) is 5.54 Å². The lowest BCUT2D eigenvalue weighted by molar-refractivity contribution is 0.143. The average Bonchev–Trinajstić information content (AvgIpc) is 3.50. The van der Waals surface area contributed by atoms with E-state index in [2.05, 4.69) is 34.5 Å². The van der Waals surface area contributed by atoms with Crippen LogP contribution in [0.25, 0.3) is 6.08 Å². The first-order valence-corrected chi connectivity index (χ1v) is 9.92. The first kappa shape index (κ1) is 18.7. The lowest BCUT2D eigenvalue weighted by Gasteiger charge is -2.35. The van der Waals surface area contributed by atoms with Crippen LogP contribution in [-0.4, -0.2) is 48.6 Å². The topological polar surface area (TPSA) is 35.6 Å². The van der Waals surface area contributed by atoms with Crippen LogP contribution in [0.4, 0.5) is 9.18 Å². The van der Waals surface area contributed by atoms with E-state index in [-0.39, 0.29) is 17.4 Å². The number of hydrogen-bond acceptors (Lipinski definition) is 2. The SMILES string of the molecule is O=C(NC1(c2ccc(F)cc2)CC1)N1CCN(C/C=C/c2ccccc2)CC1. The Labute approximate surface area is 165 Å². The molecule has 0 aromatic heterocycles. The number of halogens is 1. The molecule has 2 aromatic rings. The number of benzene rings is 2. The van der Waals surface area contributed by atoms with Crippen molar-refractivity contribution in [2.24, 2.45) is 0 Å². The highest BCUT2D eigenvalue weighted by molar-refractivity contribution is 5.76. The van der Waals surface area contributed by atoms with Crippen molar-refractivity contribution in [3.8, 4) is 0 Å². The van der Waals surface area contributed by atoms with Crippen molar-refractivity contribution < 1.29 is 9.18 Å². The Kier molecular flexibility index (Phi) is 5.44. The van der Waals surface area contributed by atoms with E-state index in [4.69, 9.17) is 0 Å². The van der Waals surface area contributed by atoms with E-state index in [0.29, 0.717) is 0 Å². The molecule has 0 bridgehead atoms. The largest absolute Gasteiger partial charge is 0.328 e. The van der Waals surface area contributed by atoms with Crippen LogP contribution in [0.5, 0.6) is 0 Å². The van der Waals surface area contributed by atoms with Crippen LogP contribution in [0, 0.1) is 5.82 Å². The van der Waals surface area contributed by atoms with Gasteiger partial charge in [0.2, 0.25) is 0 Å². The summed E-state index contributed by atoms with van der Waals surface area (Å²) in [6.07, 6.45) is 6.14. The van der Waals surface area contributed by atoms with Gasteiger partial charge in [-0.05, 0) is 36.1 Å². The molecule has 1 aliphatic heterocycles. The summed E-state index contributed by atoms with van der Waals surface area (Å²) in [6, 6.07) is 16.7. The summed E-state index contributed by atoms with van der Waals surface area (Å²) in [5, 5.41) is 3.18. The quantitative estimate of drug-likeness (QED) is 0.856. The second-order valence-corrected chi connectivity index (χ2v) is 7.62. The maximum atomic E-state index is 13.2. The molecule has 0 radical (unpaired) electrons.